The van der Waals surface area contributed by atoms with Crippen molar-refractivity contribution in [2.75, 3.05) is 0 Å². The second-order valence-electron chi connectivity index (χ2n) is 1.64. The summed E-state index contributed by atoms with van der Waals surface area (Å²) >= 11 is 7.08. The molecule has 0 aliphatic heterocycles. The maximum absolute atomic E-state index is 9.87. The van der Waals surface area contributed by atoms with E-state index in [4.69, 9.17) is 11.6 Å². The number of rotatable bonds is 2. The zero-order valence-corrected chi connectivity index (χ0v) is 6.65. The maximum Gasteiger partial charge on any atom is 0.142 e. The van der Waals surface area contributed by atoms with Crippen LogP contribution in [0.2, 0.25) is 4.34 Å². The van der Waals surface area contributed by atoms with Crippen molar-refractivity contribution in [3.63, 3.8) is 0 Å². The van der Waals surface area contributed by atoms with E-state index in [-0.39, 0.29) is 0 Å². The topological polar surface area (TPSA) is 17.1 Å². The highest BCUT2D eigenvalue weighted by Gasteiger charge is 1.90. The van der Waals surface area contributed by atoms with Gasteiger partial charge in [-0.3, -0.25) is 4.79 Å². The summed E-state index contributed by atoms with van der Waals surface area (Å²) in [6.07, 6.45) is 3.92. The van der Waals surface area contributed by atoms with Crippen LogP contribution in [0.5, 0.6) is 0 Å². The fourth-order valence-corrected chi connectivity index (χ4v) is 1.53. The molecule has 0 unspecified atom stereocenters. The molecule has 10 heavy (non-hydrogen) atoms. The van der Waals surface area contributed by atoms with Gasteiger partial charge in [-0.2, -0.15) is 0 Å². The molecule has 0 aliphatic rings. The lowest BCUT2D eigenvalue weighted by Crippen LogP contribution is -1.58. The van der Waals surface area contributed by atoms with Gasteiger partial charge in [-0.15, -0.1) is 11.3 Å². The van der Waals surface area contributed by atoms with Crippen LogP contribution in [-0.2, 0) is 4.79 Å². The first-order chi connectivity index (χ1) is 4.83. The van der Waals surface area contributed by atoms with Crippen LogP contribution >= 0.6 is 22.9 Å². The molecular weight excluding hydrogens is 168 g/mol. The lowest BCUT2D eigenvalue weighted by molar-refractivity contribution is -0.104. The van der Waals surface area contributed by atoms with Gasteiger partial charge in [0.1, 0.15) is 6.29 Å². The molecule has 0 saturated heterocycles. The molecule has 0 saturated carbocycles. The van der Waals surface area contributed by atoms with E-state index in [0.29, 0.717) is 0 Å². The second kappa shape index (κ2) is 3.54. The smallest absolute Gasteiger partial charge is 0.142 e. The zero-order chi connectivity index (χ0) is 7.40. The van der Waals surface area contributed by atoms with Crippen LogP contribution in [0.1, 0.15) is 4.88 Å². The van der Waals surface area contributed by atoms with E-state index < -0.39 is 0 Å². The van der Waals surface area contributed by atoms with E-state index in [0.717, 1.165) is 15.5 Å². The monoisotopic (exact) mass is 172 g/mol. The minimum Gasteiger partial charge on any atom is -0.299 e. The Hall–Kier alpha value is -0.600. The van der Waals surface area contributed by atoms with Gasteiger partial charge in [0, 0.05) is 4.88 Å². The third-order valence-corrected chi connectivity index (χ3v) is 2.13. The Kier molecular flexibility index (Phi) is 2.66. The molecule has 0 fully saturated rings. The molecule has 1 rings (SSSR count). The lowest BCUT2D eigenvalue weighted by Gasteiger charge is -1.76. The van der Waals surface area contributed by atoms with Gasteiger partial charge in [0.05, 0.1) is 4.34 Å². The summed E-state index contributed by atoms with van der Waals surface area (Å²) in [5, 5.41) is 0. The number of aldehydes is 1. The van der Waals surface area contributed by atoms with Crippen molar-refractivity contribution in [2.45, 2.75) is 0 Å². The Morgan fingerprint density at radius 2 is 2.30 bits per heavy atom. The van der Waals surface area contributed by atoms with E-state index in [1.54, 1.807) is 12.1 Å². The summed E-state index contributed by atoms with van der Waals surface area (Å²) in [6.45, 7) is 0. The van der Waals surface area contributed by atoms with Crippen molar-refractivity contribution < 1.29 is 4.79 Å². The van der Waals surface area contributed by atoms with Crippen molar-refractivity contribution in [2.24, 2.45) is 0 Å². The Morgan fingerprint density at radius 1 is 1.50 bits per heavy atom. The predicted octanol–water partition coefficient (Wildman–Crippen LogP) is 2.61. The van der Waals surface area contributed by atoms with Crippen molar-refractivity contribution in [3.05, 3.63) is 27.4 Å². The van der Waals surface area contributed by atoms with Crippen LogP contribution in [0.4, 0.5) is 0 Å². The Balaban J connectivity index is 2.75. The third-order valence-electron chi connectivity index (χ3n) is 0.933. The summed E-state index contributed by atoms with van der Waals surface area (Å²) < 4.78 is 0.741. The summed E-state index contributed by atoms with van der Waals surface area (Å²) in [4.78, 5) is 10.9. The molecule has 0 N–H and O–H groups in total. The van der Waals surface area contributed by atoms with Gasteiger partial charge in [0.15, 0.2) is 0 Å². The molecule has 52 valence electrons. The first-order valence-electron chi connectivity index (χ1n) is 2.70. The Labute approximate surface area is 67.9 Å². The first-order valence-corrected chi connectivity index (χ1v) is 3.89. The number of carbonyl (C=O) groups excluding carboxylic acids is 1. The average molecular weight is 173 g/mol. The van der Waals surface area contributed by atoms with Gasteiger partial charge < -0.3 is 0 Å². The number of hydrogen-bond acceptors (Lipinski definition) is 2. The van der Waals surface area contributed by atoms with Crippen LogP contribution in [0, 0.1) is 0 Å². The molecule has 1 nitrogen and oxygen atoms in total. The molecule has 1 aromatic heterocycles. The Bertz CT molecular complexity index is 252. The molecule has 1 aromatic rings. The summed E-state index contributed by atoms with van der Waals surface area (Å²) in [7, 11) is 0. The number of thiophene rings is 1. The van der Waals surface area contributed by atoms with Crippen molar-refractivity contribution >= 4 is 35.3 Å². The minimum atomic E-state index is 0.741. The van der Waals surface area contributed by atoms with Gasteiger partial charge >= 0.3 is 0 Å². The SMILES string of the molecule is O=C/C=C/c1ccc(Cl)s1. The minimum absolute atomic E-state index is 0.741. The van der Waals surface area contributed by atoms with Crippen LogP contribution in [0.3, 0.4) is 0 Å². The normalized spacial score (nSPS) is 10.5. The molecule has 0 amide bonds. The van der Waals surface area contributed by atoms with Gasteiger partial charge in [-0.25, -0.2) is 0 Å². The van der Waals surface area contributed by atoms with E-state index in [9.17, 15) is 4.79 Å². The molecule has 0 radical (unpaired) electrons. The number of allylic oxidation sites excluding steroid dienone is 1. The van der Waals surface area contributed by atoms with E-state index >= 15 is 0 Å². The average Bonchev–Trinajstić information content (AvgIpc) is 2.31. The highest BCUT2D eigenvalue weighted by molar-refractivity contribution is 7.17. The summed E-state index contributed by atoms with van der Waals surface area (Å²) in [6, 6.07) is 3.67. The largest absolute Gasteiger partial charge is 0.299 e. The quantitative estimate of drug-likeness (QED) is 0.495. The maximum atomic E-state index is 9.87. The predicted molar refractivity (Wildman–Crippen MR) is 44.4 cm³/mol. The molecular formula is C7H5ClOS. The van der Waals surface area contributed by atoms with Crippen molar-refractivity contribution in [3.8, 4) is 0 Å². The summed E-state index contributed by atoms with van der Waals surface area (Å²) in [5.74, 6) is 0. The molecule has 0 aromatic carbocycles. The van der Waals surface area contributed by atoms with Crippen LogP contribution < -0.4 is 0 Å². The molecule has 3 heteroatoms. The van der Waals surface area contributed by atoms with E-state index in [1.165, 1.54) is 17.4 Å². The first kappa shape index (κ1) is 7.51. The molecule has 0 bridgehead atoms. The van der Waals surface area contributed by atoms with Gasteiger partial charge in [0.25, 0.3) is 0 Å². The number of hydrogen-bond donors (Lipinski definition) is 0. The molecule has 1 heterocycles. The van der Waals surface area contributed by atoms with Crippen molar-refractivity contribution in [1.82, 2.24) is 0 Å². The van der Waals surface area contributed by atoms with Gasteiger partial charge in [0.2, 0.25) is 0 Å². The fourth-order valence-electron chi connectivity index (χ4n) is 0.552. The van der Waals surface area contributed by atoms with E-state index in [1.807, 2.05) is 6.07 Å². The highest BCUT2D eigenvalue weighted by Crippen LogP contribution is 2.21. The third kappa shape index (κ3) is 1.97. The van der Waals surface area contributed by atoms with Crippen LogP contribution in [-0.4, -0.2) is 6.29 Å². The molecule has 0 aliphatic carbocycles. The van der Waals surface area contributed by atoms with E-state index in [2.05, 4.69) is 0 Å². The van der Waals surface area contributed by atoms with Gasteiger partial charge in [-0.05, 0) is 24.3 Å². The Morgan fingerprint density at radius 3 is 2.80 bits per heavy atom. The van der Waals surface area contributed by atoms with Crippen LogP contribution in [0.25, 0.3) is 6.08 Å². The van der Waals surface area contributed by atoms with Crippen LogP contribution in [0.15, 0.2) is 18.2 Å². The summed E-state index contributed by atoms with van der Waals surface area (Å²) in [5.41, 5.74) is 0. The lowest BCUT2D eigenvalue weighted by atomic mass is 10.4. The number of carbonyl (C=O) groups is 1. The second-order valence-corrected chi connectivity index (χ2v) is 3.38. The zero-order valence-electron chi connectivity index (χ0n) is 5.08. The molecule has 0 atom stereocenters. The van der Waals surface area contributed by atoms with Crippen molar-refractivity contribution in [1.29, 1.82) is 0 Å². The standard InChI is InChI=1S/C7H5ClOS/c8-7-4-3-6(10-7)2-1-5-9/h1-5H/b2-1+. The fraction of sp³-hybridized carbons (Fsp3) is 0. The number of halogens is 1. The highest BCUT2D eigenvalue weighted by atomic mass is 35.5. The molecule has 0 spiro atoms. The van der Waals surface area contributed by atoms with Gasteiger partial charge in [-0.1, -0.05) is 11.6 Å².